The molecule has 24 heavy (non-hydrogen) atoms. The Morgan fingerprint density at radius 1 is 1.42 bits per heavy atom. The minimum absolute atomic E-state index is 0.0557. The summed E-state index contributed by atoms with van der Waals surface area (Å²) in [6.45, 7) is 4.87. The minimum atomic E-state index is -0.790. The lowest BCUT2D eigenvalue weighted by atomic mass is 10.1. The first-order valence-electron chi connectivity index (χ1n) is 8.39. The van der Waals surface area contributed by atoms with E-state index in [2.05, 4.69) is 23.2 Å². The summed E-state index contributed by atoms with van der Waals surface area (Å²) in [5.74, 6) is -0.734. The third-order valence-electron chi connectivity index (χ3n) is 4.58. The van der Waals surface area contributed by atoms with Gasteiger partial charge in [0, 0.05) is 17.5 Å². The number of carbonyl (C=O) groups excluding carboxylic acids is 1. The van der Waals surface area contributed by atoms with Crippen LogP contribution in [0.5, 0.6) is 0 Å². The van der Waals surface area contributed by atoms with E-state index in [1.165, 1.54) is 10.4 Å². The molecule has 0 spiro atoms. The molecule has 2 N–H and O–H groups in total. The van der Waals surface area contributed by atoms with E-state index in [-0.39, 0.29) is 18.5 Å². The number of amides is 1. The van der Waals surface area contributed by atoms with Crippen molar-refractivity contribution in [2.75, 3.05) is 33.2 Å². The third kappa shape index (κ3) is 5.89. The van der Waals surface area contributed by atoms with Crippen LogP contribution in [-0.4, -0.2) is 66.1 Å². The zero-order valence-corrected chi connectivity index (χ0v) is 15.3. The molecule has 0 aromatic carbocycles. The predicted molar refractivity (Wildman–Crippen MR) is 95.2 cm³/mol. The molecule has 1 atom stereocenters. The first-order valence-corrected chi connectivity index (χ1v) is 9.27. The summed E-state index contributed by atoms with van der Waals surface area (Å²) in [7, 11) is 1.87. The van der Waals surface area contributed by atoms with Crippen LogP contribution in [0.2, 0.25) is 0 Å². The lowest BCUT2D eigenvalue weighted by Gasteiger charge is -2.25. The average Bonchev–Trinajstić information content (AvgIpc) is 2.78. The van der Waals surface area contributed by atoms with Gasteiger partial charge in [-0.25, -0.2) is 0 Å². The fraction of sp³-hybridized carbons (Fsp3) is 0.647. The SMILES string of the molecule is Cc1ccsc1CNC(=O)CN1CCCC(N(C)CC(=O)O)CC1. The number of nitrogens with zero attached hydrogens (tertiary/aromatic N) is 2. The zero-order chi connectivity index (χ0) is 17.5. The van der Waals surface area contributed by atoms with Crippen molar-refractivity contribution in [3.8, 4) is 0 Å². The molecule has 6 nitrogen and oxygen atoms in total. The first-order chi connectivity index (χ1) is 11.5. The van der Waals surface area contributed by atoms with Gasteiger partial charge in [-0.3, -0.25) is 19.4 Å². The predicted octanol–water partition coefficient (Wildman–Crippen LogP) is 1.54. The van der Waals surface area contributed by atoms with Crippen molar-refractivity contribution in [1.82, 2.24) is 15.1 Å². The zero-order valence-electron chi connectivity index (χ0n) is 14.5. The molecule has 1 fully saturated rings. The highest BCUT2D eigenvalue weighted by molar-refractivity contribution is 7.10. The van der Waals surface area contributed by atoms with Gasteiger partial charge in [0.1, 0.15) is 0 Å². The van der Waals surface area contributed by atoms with Gasteiger partial charge in [0.05, 0.1) is 19.6 Å². The summed E-state index contributed by atoms with van der Waals surface area (Å²) in [5, 5.41) is 13.9. The Kier molecular flexibility index (Phi) is 7.20. The molecule has 1 unspecified atom stereocenters. The van der Waals surface area contributed by atoms with E-state index in [0.717, 1.165) is 32.4 Å². The van der Waals surface area contributed by atoms with Crippen molar-refractivity contribution >= 4 is 23.2 Å². The van der Waals surface area contributed by atoms with Crippen molar-refractivity contribution in [3.05, 3.63) is 21.9 Å². The molecule has 1 aliphatic heterocycles. The summed E-state index contributed by atoms with van der Waals surface area (Å²) in [6.07, 6.45) is 2.88. The van der Waals surface area contributed by atoms with E-state index >= 15 is 0 Å². The largest absolute Gasteiger partial charge is 0.480 e. The maximum atomic E-state index is 12.2. The highest BCUT2D eigenvalue weighted by atomic mass is 32.1. The lowest BCUT2D eigenvalue weighted by molar-refractivity contribution is -0.138. The van der Waals surface area contributed by atoms with Crippen molar-refractivity contribution in [1.29, 1.82) is 0 Å². The van der Waals surface area contributed by atoms with Crippen LogP contribution in [0.25, 0.3) is 0 Å². The minimum Gasteiger partial charge on any atom is -0.480 e. The molecule has 0 aliphatic carbocycles. The Hall–Kier alpha value is -1.44. The number of carbonyl (C=O) groups is 2. The number of aryl methyl sites for hydroxylation is 1. The summed E-state index contributed by atoms with van der Waals surface area (Å²) in [6, 6.07) is 2.34. The quantitative estimate of drug-likeness (QED) is 0.778. The molecule has 0 bridgehead atoms. The number of carboxylic acids is 1. The Morgan fingerprint density at radius 2 is 2.21 bits per heavy atom. The van der Waals surface area contributed by atoms with Gasteiger partial charge in [-0.15, -0.1) is 11.3 Å². The van der Waals surface area contributed by atoms with Gasteiger partial charge < -0.3 is 10.4 Å². The number of likely N-dealkylation sites (N-methyl/N-ethyl adjacent to an activating group) is 1. The summed E-state index contributed by atoms with van der Waals surface area (Å²) in [4.78, 5) is 28.3. The number of thiophene rings is 1. The van der Waals surface area contributed by atoms with Gasteiger partial charge in [-0.05, 0) is 56.8 Å². The van der Waals surface area contributed by atoms with E-state index in [1.54, 1.807) is 11.3 Å². The highest BCUT2D eigenvalue weighted by Gasteiger charge is 2.22. The standard InChI is InChI=1S/C17H27N3O3S/c1-13-6-9-24-15(13)10-18-16(21)11-20-7-3-4-14(5-8-20)19(2)12-17(22)23/h6,9,14H,3-5,7-8,10-12H2,1-2H3,(H,18,21)(H,22,23). The average molecular weight is 353 g/mol. The number of hydrogen-bond acceptors (Lipinski definition) is 5. The number of carboxylic acid groups (broad SMARTS) is 1. The van der Waals surface area contributed by atoms with Crippen LogP contribution in [0.15, 0.2) is 11.4 Å². The van der Waals surface area contributed by atoms with Crippen LogP contribution in [0.1, 0.15) is 29.7 Å². The maximum absolute atomic E-state index is 12.2. The van der Waals surface area contributed by atoms with Crippen LogP contribution in [0.4, 0.5) is 0 Å². The highest BCUT2D eigenvalue weighted by Crippen LogP contribution is 2.16. The van der Waals surface area contributed by atoms with Crippen LogP contribution in [-0.2, 0) is 16.1 Å². The van der Waals surface area contributed by atoms with Crippen molar-refractivity contribution in [2.24, 2.45) is 0 Å². The second-order valence-electron chi connectivity index (χ2n) is 6.47. The van der Waals surface area contributed by atoms with E-state index in [1.807, 2.05) is 17.3 Å². The van der Waals surface area contributed by atoms with Crippen LogP contribution in [0.3, 0.4) is 0 Å². The fourth-order valence-corrected chi connectivity index (χ4v) is 3.95. The fourth-order valence-electron chi connectivity index (χ4n) is 3.10. The second-order valence-corrected chi connectivity index (χ2v) is 7.47. The Morgan fingerprint density at radius 3 is 2.88 bits per heavy atom. The van der Waals surface area contributed by atoms with E-state index in [4.69, 9.17) is 5.11 Å². The van der Waals surface area contributed by atoms with Crippen LogP contribution in [0, 0.1) is 6.92 Å². The maximum Gasteiger partial charge on any atom is 0.317 e. The van der Waals surface area contributed by atoms with E-state index in [0.29, 0.717) is 13.1 Å². The molecule has 0 radical (unpaired) electrons. The first kappa shape index (κ1) is 18.9. The van der Waals surface area contributed by atoms with Gasteiger partial charge in [-0.2, -0.15) is 0 Å². The van der Waals surface area contributed by atoms with Gasteiger partial charge in [-0.1, -0.05) is 0 Å². The van der Waals surface area contributed by atoms with Gasteiger partial charge in [0.15, 0.2) is 0 Å². The smallest absolute Gasteiger partial charge is 0.317 e. The Bertz CT molecular complexity index is 561. The molecule has 2 heterocycles. The van der Waals surface area contributed by atoms with E-state index in [9.17, 15) is 9.59 Å². The lowest BCUT2D eigenvalue weighted by Crippen LogP contribution is -2.39. The number of nitrogens with one attached hydrogen (secondary N) is 1. The number of likely N-dealkylation sites (tertiary alicyclic amines) is 1. The monoisotopic (exact) mass is 353 g/mol. The van der Waals surface area contributed by atoms with E-state index < -0.39 is 5.97 Å². The molecular formula is C17H27N3O3S. The summed E-state index contributed by atoms with van der Waals surface area (Å²) in [5.41, 5.74) is 1.22. The molecule has 0 saturated carbocycles. The molecule has 2 rings (SSSR count). The molecule has 1 amide bonds. The van der Waals surface area contributed by atoms with Gasteiger partial charge in [0.25, 0.3) is 0 Å². The molecule has 1 saturated heterocycles. The van der Waals surface area contributed by atoms with Crippen molar-refractivity contribution in [3.63, 3.8) is 0 Å². The molecule has 7 heteroatoms. The van der Waals surface area contributed by atoms with Crippen LogP contribution < -0.4 is 5.32 Å². The number of hydrogen-bond donors (Lipinski definition) is 2. The summed E-state index contributed by atoms with van der Waals surface area (Å²) >= 11 is 1.67. The Labute approximate surface area is 147 Å². The van der Waals surface area contributed by atoms with Crippen LogP contribution >= 0.6 is 11.3 Å². The number of aliphatic carboxylic acids is 1. The Balaban J connectivity index is 1.74. The molecule has 1 aliphatic rings. The van der Waals surface area contributed by atoms with Gasteiger partial charge >= 0.3 is 5.97 Å². The van der Waals surface area contributed by atoms with Gasteiger partial charge in [0.2, 0.25) is 5.91 Å². The number of rotatable bonds is 7. The summed E-state index contributed by atoms with van der Waals surface area (Å²) < 4.78 is 0. The molecule has 1 aromatic heterocycles. The molecule has 134 valence electrons. The second kappa shape index (κ2) is 9.15. The topological polar surface area (TPSA) is 72.9 Å². The molecular weight excluding hydrogens is 326 g/mol. The molecule has 1 aromatic rings. The van der Waals surface area contributed by atoms with Crippen molar-refractivity contribution < 1.29 is 14.7 Å². The van der Waals surface area contributed by atoms with Crippen molar-refractivity contribution in [2.45, 2.75) is 38.8 Å². The normalized spacial score (nSPS) is 19.2. The third-order valence-corrected chi connectivity index (χ3v) is 5.60.